The summed E-state index contributed by atoms with van der Waals surface area (Å²) in [5, 5.41) is 0. The fourth-order valence-electron chi connectivity index (χ4n) is 3.79. The van der Waals surface area contributed by atoms with Crippen molar-refractivity contribution < 1.29 is 23.1 Å². The Balaban J connectivity index is 1.86. The lowest BCUT2D eigenvalue weighted by atomic mass is 9.97. The van der Waals surface area contributed by atoms with E-state index in [-0.39, 0.29) is 17.0 Å². The molecule has 2 aliphatic rings. The molecular formula is C22H20F2N2O3. The lowest BCUT2D eigenvalue weighted by Gasteiger charge is -2.29. The topological polar surface area (TPSA) is 49.9 Å². The van der Waals surface area contributed by atoms with E-state index in [9.17, 15) is 18.4 Å². The van der Waals surface area contributed by atoms with Crippen molar-refractivity contribution in [2.45, 2.75) is 13.8 Å². The minimum absolute atomic E-state index is 0.00410. The van der Waals surface area contributed by atoms with Gasteiger partial charge in [0.1, 0.15) is 5.70 Å². The van der Waals surface area contributed by atoms with Crippen molar-refractivity contribution in [3.63, 3.8) is 0 Å². The average Bonchev–Trinajstić information content (AvgIpc) is 2.95. The van der Waals surface area contributed by atoms with Crippen molar-refractivity contribution in [3.05, 3.63) is 70.4 Å². The second-order valence-electron chi connectivity index (χ2n) is 7.19. The monoisotopic (exact) mass is 398 g/mol. The Bertz CT molecular complexity index is 1040. The van der Waals surface area contributed by atoms with Crippen LogP contribution in [0.1, 0.15) is 16.7 Å². The Hall–Kier alpha value is -3.06. The maximum absolute atomic E-state index is 13.8. The second-order valence-corrected chi connectivity index (χ2v) is 7.19. The first-order valence-corrected chi connectivity index (χ1v) is 9.37. The van der Waals surface area contributed by atoms with E-state index in [4.69, 9.17) is 4.74 Å². The van der Waals surface area contributed by atoms with Crippen molar-refractivity contribution >= 4 is 23.1 Å². The molecule has 0 unspecified atom stereocenters. The van der Waals surface area contributed by atoms with E-state index in [2.05, 4.69) is 0 Å². The summed E-state index contributed by atoms with van der Waals surface area (Å²) in [4.78, 5) is 29.4. The van der Waals surface area contributed by atoms with Crippen LogP contribution in [0.25, 0.3) is 5.57 Å². The predicted octanol–water partition coefficient (Wildman–Crippen LogP) is 3.20. The molecule has 2 aromatic carbocycles. The Morgan fingerprint density at radius 2 is 1.62 bits per heavy atom. The van der Waals surface area contributed by atoms with Gasteiger partial charge in [-0.15, -0.1) is 0 Å². The molecule has 2 aromatic rings. The summed E-state index contributed by atoms with van der Waals surface area (Å²) in [7, 11) is 0. The number of halogens is 2. The molecule has 0 spiro atoms. The number of rotatable bonds is 3. The van der Waals surface area contributed by atoms with Gasteiger partial charge in [-0.25, -0.2) is 13.7 Å². The molecule has 2 aliphatic heterocycles. The van der Waals surface area contributed by atoms with Crippen LogP contribution in [0.4, 0.5) is 14.5 Å². The van der Waals surface area contributed by atoms with Crippen LogP contribution in [0, 0.1) is 25.5 Å². The molecule has 0 saturated carbocycles. The first-order chi connectivity index (χ1) is 13.9. The summed E-state index contributed by atoms with van der Waals surface area (Å²) in [5.41, 5.74) is 3.10. The van der Waals surface area contributed by atoms with Gasteiger partial charge in [-0.2, -0.15) is 0 Å². The minimum Gasteiger partial charge on any atom is -0.378 e. The molecular weight excluding hydrogens is 378 g/mol. The number of aryl methyl sites for hydroxylation is 2. The molecule has 1 fully saturated rings. The summed E-state index contributed by atoms with van der Waals surface area (Å²) in [5.74, 6) is -3.24. The zero-order chi connectivity index (χ0) is 20.7. The van der Waals surface area contributed by atoms with Crippen LogP contribution in [0.5, 0.6) is 0 Å². The van der Waals surface area contributed by atoms with Gasteiger partial charge in [0.15, 0.2) is 11.6 Å². The Labute approximate surface area is 167 Å². The molecule has 0 aliphatic carbocycles. The van der Waals surface area contributed by atoms with E-state index < -0.39 is 23.4 Å². The summed E-state index contributed by atoms with van der Waals surface area (Å²) in [6, 6.07) is 8.65. The van der Waals surface area contributed by atoms with Gasteiger partial charge in [0.2, 0.25) is 0 Å². The summed E-state index contributed by atoms with van der Waals surface area (Å²) in [6.07, 6.45) is 0. The molecule has 2 heterocycles. The minimum atomic E-state index is -1.11. The number of amides is 2. The number of hydrogen-bond donors (Lipinski definition) is 0. The molecule has 4 rings (SSSR count). The lowest BCUT2D eigenvalue weighted by Crippen LogP contribution is -2.40. The summed E-state index contributed by atoms with van der Waals surface area (Å²) in [6.45, 7) is 5.64. The molecule has 150 valence electrons. The van der Waals surface area contributed by atoms with E-state index in [0.29, 0.717) is 31.9 Å². The van der Waals surface area contributed by atoms with Crippen molar-refractivity contribution in [1.29, 1.82) is 0 Å². The van der Waals surface area contributed by atoms with Crippen LogP contribution in [-0.2, 0) is 14.3 Å². The van der Waals surface area contributed by atoms with Crippen LogP contribution < -0.4 is 4.90 Å². The fraction of sp³-hybridized carbons (Fsp3) is 0.273. The van der Waals surface area contributed by atoms with Gasteiger partial charge in [0, 0.05) is 19.2 Å². The number of carbonyl (C=O) groups excluding carboxylic acids is 2. The van der Waals surface area contributed by atoms with Gasteiger partial charge >= 0.3 is 0 Å². The molecule has 7 heteroatoms. The Kier molecular flexibility index (Phi) is 4.92. The van der Waals surface area contributed by atoms with Crippen LogP contribution in [0.2, 0.25) is 0 Å². The summed E-state index contributed by atoms with van der Waals surface area (Å²) >= 11 is 0. The Morgan fingerprint density at radius 1 is 0.897 bits per heavy atom. The summed E-state index contributed by atoms with van der Waals surface area (Å²) < 4.78 is 32.6. The molecule has 29 heavy (non-hydrogen) atoms. The van der Waals surface area contributed by atoms with E-state index in [0.717, 1.165) is 28.2 Å². The highest BCUT2D eigenvalue weighted by atomic mass is 19.2. The third-order valence-corrected chi connectivity index (χ3v) is 5.20. The first-order valence-electron chi connectivity index (χ1n) is 9.37. The number of ether oxygens (including phenoxy) is 1. The highest BCUT2D eigenvalue weighted by Gasteiger charge is 2.43. The van der Waals surface area contributed by atoms with Gasteiger partial charge < -0.3 is 9.64 Å². The third-order valence-electron chi connectivity index (χ3n) is 5.20. The SMILES string of the molecule is Cc1ccc(C2=C(N3CCOCC3)C(=O)N(c3ccc(F)c(F)c3)C2=O)c(C)c1. The van der Waals surface area contributed by atoms with Crippen molar-refractivity contribution in [2.75, 3.05) is 31.2 Å². The highest BCUT2D eigenvalue weighted by molar-refractivity contribution is 6.45. The maximum atomic E-state index is 13.8. The van der Waals surface area contributed by atoms with Crippen LogP contribution in [0.15, 0.2) is 42.1 Å². The highest BCUT2D eigenvalue weighted by Crippen LogP contribution is 2.36. The number of imide groups is 1. The molecule has 5 nitrogen and oxygen atoms in total. The number of hydrogen-bond acceptors (Lipinski definition) is 4. The van der Waals surface area contributed by atoms with Gasteiger partial charge in [-0.3, -0.25) is 9.59 Å². The second kappa shape index (κ2) is 7.40. The Morgan fingerprint density at radius 3 is 2.28 bits per heavy atom. The van der Waals surface area contributed by atoms with Gasteiger partial charge in [-0.05, 0) is 37.1 Å². The first kappa shape index (κ1) is 19.3. The molecule has 2 amide bonds. The predicted molar refractivity (Wildman–Crippen MR) is 104 cm³/mol. The zero-order valence-electron chi connectivity index (χ0n) is 16.2. The number of nitrogens with zero attached hydrogens (tertiary/aromatic N) is 2. The van der Waals surface area contributed by atoms with Crippen molar-refractivity contribution in [2.24, 2.45) is 0 Å². The van der Waals surface area contributed by atoms with Gasteiger partial charge in [0.05, 0.1) is 24.5 Å². The van der Waals surface area contributed by atoms with Crippen molar-refractivity contribution in [1.82, 2.24) is 4.90 Å². The smallest absolute Gasteiger partial charge is 0.282 e. The number of benzene rings is 2. The largest absolute Gasteiger partial charge is 0.378 e. The average molecular weight is 398 g/mol. The van der Waals surface area contributed by atoms with E-state index in [1.165, 1.54) is 6.07 Å². The molecule has 0 radical (unpaired) electrons. The quantitative estimate of drug-likeness (QED) is 0.745. The van der Waals surface area contributed by atoms with Crippen LogP contribution >= 0.6 is 0 Å². The van der Waals surface area contributed by atoms with E-state index >= 15 is 0 Å². The van der Waals surface area contributed by atoms with Crippen molar-refractivity contribution in [3.8, 4) is 0 Å². The maximum Gasteiger partial charge on any atom is 0.282 e. The third kappa shape index (κ3) is 3.31. The lowest BCUT2D eigenvalue weighted by molar-refractivity contribution is -0.121. The number of anilines is 1. The molecule has 0 atom stereocenters. The van der Waals surface area contributed by atoms with E-state index in [1.807, 2.05) is 36.9 Å². The zero-order valence-corrected chi connectivity index (χ0v) is 16.2. The molecule has 1 saturated heterocycles. The number of carbonyl (C=O) groups is 2. The normalized spacial score (nSPS) is 17.5. The standard InChI is InChI=1S/C22H20F2N2O3/c1-13-3-5-16(14(2)11-13)19-20(25-7-9-29-10-8-25)22(28)26(21(19)27)15-4-6-17(23)18(24)12-15/h3-6,11-12H,7-10H2,1-2H3. The van der Waals surface area contributed by atoms with Crippen LogP contribution in [0.3, 0.4) is 0 Å². The van der Waals surface area contributed by atoms with E-state index in [1.54, 1.807) is 0 Å². The van der Waals surface area contributed by atoms with Gasteiger partial charge in [-0.1, -0.05) is 23.8 Å². The molecule has 0 N–H and O–H groups in total. The number of morpholine rings is 1. The van der Waals surface area contributed by atoms with Gasteiger partial charge in [0.25, 0.3) is 11.8 Å². The fourth-order valence-corrected chi connectivity index (χ4v) is 3.79. The molecule has 0 aromatic heterocycles. The van der Waals surface area contributed by atoms with Crippen LogP contribution in [-0.4, -0.2) is 43.0 Å². The molecule has 0 bridgehead atoms.